The highest BCUT2D eigenvalue weighted by atomic mass is 35.5. The maximum atomic E-state index is 11.3. The molecular formula is C19H21ClN6O2. The van der Waals surface area contributed by atoms with E-state index in [0.717, 1.165) is 25.0 Å². The molecule has 2 aromatic rings. The van der Waals surface area contributed by atoms with Crippen LogP contribution >= 0.6 is 11.6 Å². The lowest BCUT2D eigenvalue weighted by Gasteiger charge is -2.38. The number of rotatable bonds is 5. The van der Waals surface area contributed by atoms with Crippen molar-refractivity contribution in [2.45, 2.75) is 44.7 Å². The zero-order chi connectivity index (χ0) is 20.1. The number of hydrogen-bond acceptors (Lipinski definition) is 6. The number of aryl methyl sites for hydroxylation is 1. The number of amides is 1. The summed E-state index contributed by atoms with van der Waals surface area (Å²) in [6.07, 6.45) is 4.73. The lowest BCUT2D eigenvalue weighted by molar-refractivity contribution is 0.170. The van der Waals surface area contributed by atoms with Gasteiger partial charge in [0.2, 0.25) is 0 Å². The summed E-state index contributed by atoms with van der Waals surface area (Å²) in [5.41, 5.74) is 1.26. The fraction of sp³-hybridized carbons (Fsp3) is 0.368. The number of pyridine rings is 2. The Labute approximate surface area is 168 Å². The van der Waals surface area contributed by atoms with Gasteiger partial charge in [-0.1, -0.05) is 18.0 Å². The average molecular weight is 401 g/mol. The van der Waals surface area contributed by atoms with Gasteiger partial charge >= 0.3 is 6.09 Å². The van der Waals surface area contributed by atoms with Crippen LogP contribution in [0.4, 0.5) is 22.0 Å². The van der Waals surface area contributed by atoms with Gasteiger partial charge in [0, 0.05) is 10.7 Å². The predicted molar refractivity (Wildman–Crippen MR) is 107 cm³/mol. The van der Waals surface area contributed by atoms with Gasteiger partial charge in [-0.05, 0) is 50.8 Å². The molecule has 0 aromatic carbocycles. The molecule has 0 bridgehead atoms. The van der Waals surface area contributed by atoms with Gasteiger partial charge in [-0.15, -0.1) is 0 Å². The molecule has 9 heteroatoms. The van der Waals surface area contributed by atoms with Crippen LogP contribution in [0.1, 0.15) is 43.5 Å². The molecule has 0 aliphatic heterocycles. The smallest absolute Gasteiger partial charge is 0.406 e. The Balaban J connectivity index is 1.89. The minimum atomic E-state index is -1.08. The topological polar surface area (TPSA) is 123 Å². The number of aromatic nitrogens is 2. The molecule has 8 nitrogen and oxygen atoms in total. The Morgan fingerprint density at radius 3 is 2.68 bits per heavy atom. The van der Waals surface area contributed by atoms with Crippen molar-refractivity contribution in [3.63, 3.8) is 0 Å². The summed E-state index contributed by atoms with van der Waals surface area (Å²) in [7, 11) is 0. The molecular weight excluding hydrogens is 380 g/mol. The van der Waals surface area contributed by atoms with Gasteiger partial charge in [0.05, 0.1) is 17.6 Å². The quantitative estimate of drug-likeness (QED) is 0.548. The molecule has 0 unspecified atom stereocenters. The second-order valence-electron chi connectivity index (χ2n) is 6.87. The van der Waals surface area contributed by atoms with Crippen molar-refractivity contribution < 1.29 is 9.90 Å². The monoisotopic (exact) mass is 400 g/mol. The Hall–Kier alpha value is -3.05. The van der Waals surface area contributed by atoms with E-state index in [0.29, 0.717) is 35.1 Å². The van der Waals surface area contributed by atoms with Crippen molar-refractivity contribution in [3.05, 3.63) is 40.8 Å². The second-order valence-corrected chi connectivity index (χ2v) is 7.30. The maximum Gasteiger partial charge on any atom is 0.406 e. The van der Waals surface area contributed by atoms with Crippen LogP contribution in [0.2, 0.25) is 5.02 Å². The zero-order valence-corrected chi connectivity index (χ0v) is 16.2. The van der Waals surface area contributed by atoms with Crippen LogP contribution in [0.25, 0.3) is 0 Å². The average Bonchev–Trinajstić information content (AvgIpc) is 2.61. The third-order valence-corrected chi connectivity index (χ3v) is 4.83. The molecule has 0 radical (unpaired) electrons. The summed E-state index contributed by atoms with van der Waals surface area (Å²) in [6.45, 7) is 1.82. The summed E-state index contributed by atoms with van der Waals surface area (Å²) in [6, 6.07) is 7.16. The van der Waals surface area contributed by atoms with Crippen LogP contribution in [-0.4, -0.2) is 26.8 Å². The number of halogens is 1. The highest BCUT2D eigenvalue weighted by molar-refractivity contribution is 6.30. The number of nitriles is 1. The van der Waals surface area contributed by atoms with E-state index in [1.807, 2.05) is 13.0 Å². The Bertz CT molecular complexity index is 901. The van der Waals surface area contributed by atoms with Gasteiger partial charge in [0.25, 0.3) is 0 Å². The molecule has 146 valence electrons. The highest BCUT2D eigenvalue weighted by Gasteiger charge is 2.33. The number of hydrogen-bond donors (Lipinski definition) is 4. The van der Waals surface area contributed by atoms with Crippen molar-refractivity contribution in [1.82, 2.24) is 15.3 Å². The summed E-state index contributed by atoms with van der Waals surface area (Å²) >= 11 is 6.08. The Morgan fingerprint density at radius 1 is 1.29 bits per heavy atom. The van der Waals surface area contributed by atoms with Gasteiger partial charge in [-0.3, -0.25) is 5.32 Å². The predicted octanol–water partition coefficient (Wildman–Crippen LogP) is 4.39. The second kappa shape index (κ2) is 8.31. The number of anilines is 3. The Kier molecular flexibility index (Phi) is 5.85. The van der Waals surface area contributed by atoms with Crippen molar-refractivity contribution >= 4 is 34.9 Å². The third kappa shape index (κ3) is 4.81. The summed E-state index contributed by atoms with van der Waals surface area (Å²) in [5.74, 6) is 0.497. The van der Waals surface area contributed by atoms with Crippen LogP contribution < -0.4 is 16.0 Å². The van der Waals surface area contributed by atoms with Crippen molar-refractivity contribution in [2.24, 2.45) is 0 Å². The first-order valence-corrected chi connectivity index (χ1v) is 9.38. The highest BCUT2D eigenvalue weighted by Crippen LogP contribution is 2.31. The van der Waals surface area contributed by atoms with Crippen LogP contribution in [0.3, 0.4) is 0 Å². The molecule has 1 fully saturated rings. The van der Waals surface area contributed by atoms with Crippen LogP contribution in [-0.2, 0) is 0 Å². The number of carbonyl (C=O) groups is 1. The maximum absolute atomic E-state index is 11.3. The standard InChI is InChI=1S/C19H21ClN6O2/c1-12-7-13(20)8-17(23-12)24-15-9-14(11-22-16(15)10-21)25-19(26-18(27)28)5-3-2-4-6-19/h7-9,11,25-26H,2-6H2,1H3,(H,23,24)(H,27,28). The molecule has 0 atom stereocenters. The van der Waals surface area contributed by atoms with Crippen molar-refractivity contribution in [2.75, 3.05) is 10.6 Å². The molecule has 2 aromatic heterocycles. The minimum absolute atomic E-state index is 0.203. The normalized spacial score (nSPS) is 15.3. The molecule has 0 saturated heterocycles. The van der Waals surface area contributed by atoms with E-state index in [4.69, 9.17) is 11.6 Å². The molecule has 1 saturated carbocycles. The summed E-state index contributed by atoms with van der Waals surface area (Å²) in [5, 5.41) is 28.1. The summed E-state index contributed by atoms with van der Waals surface area (Å²) < 4.78 is 0. The first kappa shape index (κ1) is 19.7. The molecule has 0 spiro atoms. The minimum Gasteiger partial charge on any atom is -0.465 e. The first-order valence-electron chi connectivity index (χ1n) is 9.00. The van der Waals surface area contributed by atoms with E-state index in [1.54, 1.807) is 18.2 Å². The zero-order valence-electron chi connectivity index (χ0n) is 15.4. The lowest BCUT2D eigenvalue weighted by atomic mass is 9.88. The molecule has 4 N–H and O–H groups in total. The largest absolute Gasteiger partial charge is 0.465 e. The van der Waals surface area contributed by atoms with Crippen LogP contribution in [0, 0.1) is 18.3 Å². The molecule has 3 rings (SSSR count). The Morgan fingerprint density at radius 2 is 2.04 bits per heavy atom. The molecule has 1 aliphatic carbocycles. The number of carboxylic acid groups (broad SMARTS) is 1. The van der Waals surface area contributed by atoms with Gasteiger partial charge in [0.15, 0.2) is 5.69 Å². The third-order valence-electron chi connectivity index (χ3n) is 4.61. The molecule has 1 aliphatic rings. The van der Waals surface area contributed by atoms with Crippen molar-refractivity contribution in [3.8, 4) is 6.07 Å². The first-order chi connectivity index (χ1) is 13.4. The molecule has 2 heterocycles. The van der Waals surface area contributed by atoms with Gasteiger partial charge in [0.1, 0.15) is 17.5 Å². The molecule has 28 heavy (non-hydrogen) atoms. The van der Waals surface area contributed by atoms with E-state index in [2.05, 4.69) is 25.9 Å². The van der Waals surface area contributed by atoms with Gasteiger partial charge < -0.3 is 15.7 Å². The van der Waals surface area contributed by atoms with Gasteiger partial charge in [-0.25, -0.2) is 14.8 Å². The SMILES string of the molecule is Cc1cc(Cl)cc(Nc2cc(NC3(NC(=O)O)CCCCC3)cnc2C#N)n1. The van der Waals surface area contributed by atoms with Gasteiger partial charge in [-0.2, -0.15) is 5.26 Å². The molecule has 1 amide bonds. The number of nitrogens with zero attached hydrogens (tertiary/aromatic N) is 3. The van der Waals surface area contributed by atoms with Crippen molar-refractivity contribution in [1.29, 1.82) is 5.26 Å². The fourth-order valence-corrected chi connectivity index (χ4v) is 3.72. The van der Waals surface area contributed by atoms with E-state index in [-0.39, 0.29) is 5.69 Å². The lowest BCUT2D eigenvalue weighted by Crippen LogP contribution is -2.55. The van der Waals surface area contributed by atoms with Crippen LogP contribution in [0.15, 0.2) is 24.4 Å². The van der Waals surface area contributed by atoms with E-state index in [1.165, 1.54) is 6.20 Å². The fourth-order valence-electron chi connectivity index (χ4n) is 3.46. The van der Waals surface area contributed by atoms with E-state index >= 15 is 0 Å². The number of nitrogens with one attached hydrogen (secondary N) is 3. The van der Waals surface area contributed by atoms with Crippen LogP contribution in [0.5, 0.6) is 0 Å². The van der Waals surface area contributed by atoms with E-state index < -0.39 is 11.8 Å². The van der Waals surface area contributed by atoms with E-state index in [9.17, 15) is 15.2 Å². The summed E-state index contributed by atoms with van der Waals surface area (Å²) in [4.78, 5) is 19.8.